The molecule has 1 heterocycles. The fraction of sp³-hybridized carbons (Fsp3) is 0.167. The Kier molecular flexibility index (Phi) is 3.74. The average molecular weight is 249 g/mol. The third-order valence-electron chi connectivity index (χ3n) is 2.25. The highest BCUT2D eigenvalue weighted by Crippen LogP contribution is 2.23. The van der Waals surface area contributed by atoms with Crippen LogP contribution in [0.25, 0.3) is 0 Å². The molecule has 1 N–H and O–H groups in total. The fourth-order valence-electron chi connectivity index (χ4n) is 1.48. The van der Waals surface area contributed by atoms with Crippen molar-refractivity contribution in [2.75, 3.05) is 0 Å². The molecule has 0 bridgehead atoms. The molecule has 2 rings (SSSR count). The Morgan fingerprint density at radius 3 is 2.69 bits per heavy atom. The van der Waals surface area contributed by atoms with Crippen LogP contribution in [0.2, 0.25) is 0 Å². The SMILES string of the molecule is O=C1NC(=S)S/C1=C\CCc1ccccc1. The van der Waals surface area contributed by atoms with Gasteiger partial charge in [0.25, 0.3) is 5.91 Å². The highest BCUT2D eigenvalue weighted by atomic mass is 32.2. The molecule has 1 aromatic carbocycles. The van der Waals surface area contributed by atoms with Crippen molar-refractivity contribution in [3.05, 3.63) is 46.9 Å². The zero-order valence-corrected chi connectivity index (χ0v) is 10.2. The Morgan fingerprint density at radius 1 is 1.31 bits per heavy atom. The molecule has 1 saturated heterocycles. The van der Waals surface area contributed by atoms with E-state index in [0.717, 1.165) is 17.7 Å². The van der Waals surface area contributed by atoms with Gasteiger partial charge < -0.3 is 5.32 Å². The van der Waals surface area contributed by atoms with E-state index < -0.39 is 0 Å². The fourth-order valence-corrected chi connectivity index (χ4v) is 2.53. The quantitative estimate of drug-likeness (QED) is 0.659. The highest BCUT2D eigenvalue weighted by Gasteiger charge is 2.21. The van der Waals surface area contributed by atoms with E-state index in [1.807, 2.05) is 24.3 Å². The molecule has 0 saturated carbocycles. The molecule has 4 heteroatoms. The molecular weight excluding hydrogens is 238 g/mol. The van der Waals surface area contributed by atoms with Gasteiger partial charge >= 0.3 is 0 Å². The number of aryl methyl sites for hydroxylation is 1. The number of allylic oxidation sites excluding steroid dienone is 1. The molecule has 1 aliphatic heterocycles. The lowest BCUT2D eigenvalue weighted by Crippen LogP contribution is -2.17. The van der Waals surface area contributed by atoms with Crippen molar-refractivity contribution < 1.29 is 4.79 Å². The normalized spacial score (nSPS) is 17.9. The lowest BCUT2D eigenvalue weighted by Gasteiger charge is -1.97. The lowest BCUT2D eigenvalue weighted by molar-refractivity contribution is -0.115. The van der Waals surface area contributed by atoms with E-state index in [9.17, 15) is 4.79 Å². The van der Waals surface area contributed by atoms with Gasteiger partial charge in [-0.25, -0.2) is 0 Å². The topological polar surface area (TPSA) is 29.1 Å². The Bertz CT molecular complexity index is 440. The van der Waals surface area contributed by atoms with Crippen LogP contribution in [0, 0.1) is 0 Å². The van der Waals surface area contributed by atoms with Crippen LogP contribution in [-0.4, -0.2) is 10.2 Å². The van der Waals surface area contributed by atoms with Crippen LogP contribution in [0.3, 0.4) is 0 Å². The molecule has 0 aliphatic carbocycles. The van der Waals surface area contributed by atoms with Crippen LogP contribution in [0.5, 0.6) is 0 Å². The highest BCUT2D eigenvalue weighted by molar-refractivity contribution is 8.26. The summed E-state index contributed by atoms with van der Waals surface area (Å²) in [4.78, 5) is 12.1. The maximum Gasteiger partial charge on any atom is 0.263 e. The van der Waals surface area contributed by atoms with Gasteiger partial charge in [-0.3, -0.25) is 4.79 Å². The summed E-state index contributed by atoms with van der Waals surface area (Å²) in [7, 11) is 0. The number of amides is 1. The second kappa shape index (κ2) is 5.27. The van der Waals surface area contributed by atoms with Crippen molar-refractivity contribution in [1.82, 2.24) is 5.32 Å². The van der Waals surface area contributed by atoms with Gasteiger partial charge in [-0.05, 0) is 18.4 Å². The van der Waals surface area contributed by atoms with Crippen molar-refractivity contribution in [2.45, 2.75) is 12.8 Å². The molecule has 1 aromatic rings. The minimum atomic E-state index is -0.0666. The van der Waals surface area contributed by atoms with Crippen LogP contribution < -0.4 is 5.32 Å². The smallest absolute Gasteiger partial charge is 0.263 e. The minimum Gasteiger partial charge on any atom is -0.307 e. The van der Waals surface area contributed by atoms with Gasteiger partial charge in [0.05, 0.1) is 4.91 Å². The predicted octanol–water partition coefficient (Wildman–Crippen LogP) is 2.65. The van der Waals surface area contributed by atoms with Crippen LogP contribution >= 0.6 is 24.0 Å². The first-order chi connectivity index (χ1) is 7.75. The zero-order chi connectivity index (χ0) is 11.4. The van der Waals surface area contributed by atoms with Crippen molar-refractivity contribution in [3.63, 3.8) is 0 Å². The van der Waals surface area contributed by atoms with Crippen molar-refractivity contribution >= 4 is 34.2 Å². The summed E-state index contributed by atoms with van der Waals surface area (Å²) in [5, 5.41) is 2.60. The summed E-state index contributed by atoms with van der Waals surface area (Å²) in [6.07, 6.45) is 3.76. The Labute approximate surface area is 104 Å². The van der Waals surface area contributed by atoms with E-state index in [1.165, 1.54) is 17.3 Å². The van der Waals surface area contributed by atoms with Gasteiger partial charge in [0, 0.05) is 0 Å². The van der Waals surface area contributed by atoms with E-state index >= 15 is 0 Å². The number of hydrogen-bond donors (Lipinski definition) is 1. The monoisotopic (exact) mass is 249 g/mol. The zero-order valence-electron chi connectivity index (χ0n) is 8.60. The van der Waals surface area contributed by atoms with Crippen LogP contribution in [0.15, 0.2) is 41.3 Å². The van der Waals surface area contributed by atoms with Crippen molar-refractivity contribution in [3.8, 4) is 0 Å². The van der Waals surface area contributed by atoms with E-state index in [0.29, 0.717) is 4.32 Å². The molecular formula is C12H11NOS2. The number of carbonyl (C=O) groups excluding carboxylic acids is 1. The second-order valence-electron chi connectivity index (χ2n) is 3.44. The van der Waals surface area contributed by atoms with E-state index in [-0.39, 0.29) is 5.91 Å². The third kappa shape index (κ3) is 2.93. The molecule has 82 valence electrons. The second-order valence-corrected chi connectivity index (χ2v) is 5.16. The molecule has 16 heavy (non-hydrogen) atoms. The summed E-state index contributed by atoms with van der Waals surface area (Å²) in [5.74, 6) is -0.0666. The van der Waals surface area contributed by atoms with E-state index in [2.05, 4.69) is 17.4 Å². The first-order valence-corrected chi connectivity index (χ1v) is 6.25. The lowest BCUT2D eigenvalue weighted by atomic mass is 10.1. The van der Waals surface area contributed by atoms with Crippen LogP contribution in [0.4, 0.5) is 0 Å². The molecule has 1 fully saturated rings. The van der Waals surface area contributed by atoms with Crippen molar-refractivity contribution in [1.29, 1.82) is 0 Å². The van der Waals surface area contributed by atoms with E-state index in [4.69, 9.17) is 12.2 Å². The average Bonchev–Trinajstić information content (AvgIpc) is 2.59. The Morgan fingerprint density at radius 2 is 2.06 bits per heavy atom. The standard InChI is InChI=1S/C12H11NOS2/c14-11-10(16-12(15)13-11)8-4-7-9-5-2-1-3-6-9/h1-3,5-6,8H,4,7H2,(H,13,14,15)/b10-8-. The molecule has 0 unspecified atom stereocenters. The molecule has 1 aliphatic rings. The largest absolute Gasteiger partial charge is 0.307 e. The maximum absolute atomic E-state index is 11.3. The molecule has 2 nitrogen and oxygen atoms in total. The van der Waals surface area contributed by atoms with Gasteiger partial charge in [-0.1, -0.05) is 60.4 Å². The minimum absolute atomic E-state index is 0.0666. The summed E-state index contributed by atoms with van der Waals surface area (Å²) in [6, 6.07) is 10.2. The van der Waals surface area contributed by atoms with Crippen LogP contribution in [0.1, 0.15) is 12.0 Å². The Hall–Kier alpha value is -1.13. The molecule has 1 amide bonds. The number of nitrogens with one attached hydrogen (secondary N) is 1. The van der Waals surface area contributed by atoms with Gasteiger partial charge in [0.2, 0.25) is 0 Å². The number of thioether (sulfide) groups is 1. The number of benzene rings is 1. The summed E-state index contributed by atoms with van der Waals surface area (Å²) >= 11 is 6.25. The predicted molar refractivity (Wildman–Crippen MR) is 71.2 cm³/mol. The number of carbonyl (C=O) groups is 1. The first kappa shape index (κ1) is 11.4. The molecule has 0 radical (unpaired) electrons. The summed E-state index contributed by atoms with van der Waals surface area (Å²) in [6.45, 7) is 0. The van der Waals surface area contributed by atoms with E-state index in [1.54, 1.807) is 0 Å². The summed E-state index contributed by atoms with van der Waals surface area (Å²) in [5.41, 5.74) is 1.28. The number of thiocarbonyl (C=S) groups is 1. The third-order valence-corrected chi connectivity index (χ3v) is 3.46. The molecule has 0 atom stereocenters. The number of hydrogen-bond acceptors (Lipinski definition) is 3. The van der Waals surface area contributed by atoms with Gasteiger partial charge in [0.15, 0.2) is 0 Å². The van der Waals surface area contributed by atoms with Crippen LogP contribution in [-0.2, 0) is 11.2 Å². The first-order valence-electron chi connectivity index (χ1n) is 5.03. The molecule has 0 spiro atoms. The van der Waals surface area contributed by atoms with Gasteiger partial charge in [0.1, 0.15) is 4.32 Å². The van der Waals surface area contributed by atoms with Gasteiger partial charge in [-0.15, -0.1) is 0 Å². The summed E-state index contributed by atoms with van der Waals surface area (Å²) < 4.78 is 0.552. The van der Waals surface area contributed by atoms with Crippen molar-refractivity contribution in [2.24, 2.45) is 0 Å². The number of rotatable bonds is 3. The Balaban J connectivity index is 1.90. The maximum atomic E-state index is 11.3. The molecule has 0 aromatic heterocycles. The van der Waals surface area contributed by atoms with Gasteiger partial charge in [-0.2, -0.15) is 0 Å².